The van der Waals surface area contributed by atoms with Gasteiger partial charge < -0.3 is 24.2 Å². The van der Waals surface area contributed by atoms with Crippen LogP contribution in [0.15, 0.2) is 64.1 Å². The van der Waals surface area contributed by atoms with Crippen molar-refractivity contribution in [1.82, 2.24) is 4.90 Å². The molecule has 1 heterocycles. The van der Waals surface area contributed by atoms with Crippen LogP contribution in [0.25, 0.3) is 6.08 Å². The van der Waals surface area contributed by atoms with Crippen molar-refractivity contribution in [1.29, 1.82) is 0 Å². The monoisotopic (exact) mass is 566 g/mol. The van der Waals surface area contributed by atoms with Crippen LogP contribution in [0.1, 0.15) is 55.4 Å². The highest BCUT2D eigenvalue weighted by atomic mass is 32.1. The zero-order chi connectivity index (χ0) is 28.9. The molecule has 2 aromatic rings. The minimum atomic E-state index is -0.859. The van der Waals surface area contributed by atoms with Crippen molar-refractivity contribution in [3.8, 4) is 5.75 Å². The Hall–Kier alpha value is -3.72. The Balaban J connectivity index is 1.73. The Morgan fingerprint density at radius 1 is 1.10 bits per heavy atom. The third-order valence-corrected chi connectivity index (χ3v) is 6.79. The van der Waals surface area contributed by atoms with Gasteiger partial charge in [-0.05, 0) is 55.0 Å². The fourth-order valence-electron chi connectivity index (χ4n) is 4.39. The minimum Gasteiger partial charge on any atom is -0.493 e. The maximum Gasteiger partial charge on any atom is 0.410 e. The number of aliphatic imine (C=N–C) groups is 1. The van der Waals surface area contributed by atoms with Gasteiger partial charge in [0.1, 0.15) is 5.75 Å². The lowest BCUT2D eigenvalue weighted by Crippen LogP contribution is -2.37. The molecule has 3 rings (SSSR count). The number of fused-ring (bicyclic) bond motifs is 1. The summed E-state index contributed by atoms with van der Waals surface area (Å²) in [6, 6.07) is 13.6. The fourth-order valence-corrected chi connectivity index (χ4v) is 4.68. The van der Waals surface area contributed by atoms with Crippen molar-refractivity contribution in [3.05, 3.63) is 81.4 Å². The predicted molar refractivity (Wildman–Crippen MR) is 160 cm³/mol. The van der Waals surface area contributed by atoms with Crippen LogP contribution in [0.4, 0.5) is 4.79 Å². The Labute approximate surface area is 241 Å². The highest BCUT2D eigenvalue weighted by Gasteiger charge is 2.26. The second-order valence-electron chi connectivity index (χ2n) is 9.30. The van der Waals surface area contributed by atoms with Gasteiger partial charge in [0, 0.05) is 37.2 Å². The molecule has 40 heavy (non-hydrogen) atoms. The lowest BCUT2D eigenvalue weighted by atomic mass is 9.92. The highest BCUT2D eigenvalue weighted by Crippen LogP contribution is 2.32. The van der Waals surface area contributed by atoms with Crippen LogP contribution in [-0.2, 0) is 33.7 Å². The molecule has 2 aromatic carbocycles. The molecule has 0 radical (unpaired) electrons. The molecule has 0 unspecified atom stereocenters. The molecule has 0 aliphatic carbocycles. The summed E-state index contributed by atoms with van der Waals surface area (Å²) < 4.78 is 17.0. The average Bonchev–Trinajstić information content (AvgIpc) is 2.97. The molecule has 0 saturated heterocycles. The molecule has 0 saturated carbocycles. The minimum absolute atomic E-state index is 0.0171. The fraction of sp³-hybridized carbons (Fsp3) is 0.387. The van der Waals surface area contributed by atoms with Crippen molar-refractivity contribution < 1.29 is 28.9 Å². The van der Waals surface area contributed by atoms with Crippen LogP contribution in [0, 0.1) is 0 Å². The van der Waals surface area contributed by atoms with Gasteiger partial charge in [-0.2, -0.15) is 0 Å². The Bertz CT molecular complexity index is 1260. The van der Waals surface area contributed by atoms with Gasteiger partial charge in [-0.25, -0.2) is 9.79 Å². The predicted octanol–water partition coefficient (Wildman–Crippen LogP) is 6.30. The molecule has 9 heteroatoms. The highest BCUT2D eigenvalue weighted by molar-refractivity contribution is 7.85. The summed E-state index contributed by atoms with van der Waals surface area (Å²) in [6.45, 7) is 5.49. The number of carbonyl (C=O) groups is 2. The van der Waals surface area contributed by atoms with Crippen LogP contribution in [-0.4, -0.2) is 54.8 Å². The number of carboxylic acids is 1. The van der Waals surface area contributed by atoms with E-state index in [1.165, 1.54) is 0 Å². The number of thiol groups is 1. The molecule has 8 nitrogen and oxygen atoms in total. The first-order valence-corrected chi connectivity index (χ1v) is 13.9. The summed E-state index contributed by atoms with van der Waals surface area (Å²) in [6.07, 6.45) is 5.76. The molecule has 1 N–H and O–H groups in total. The summed E-state index contributed by atoms with van der Waals surface area (Å²) in [5.74, 6) is 0.290. The smallest absolute Gasteiger partial charge is 0.410 e. The zero-order valence-corrected chi connectivity index (χ0v) is 24.3. The van der Waals surface area contributed by atoms with E-state index >= 15 is 0 Å². The van der Waals surface area contributed by atoms with Crippen molar-refractivity contribution in [2.24, 2.45) is 4.99 Å². The van der Waals surface area contributed by atoms with E-state index in [1.54, 1.807) is 12.0 Å². The quantitative estimate of drug-likeness (QED) is 0.178. The average molecular weight is 567 g/mol. The lowest BCUT2D eigenvalue weighted by molar-refractivity contribution is -0.136. The largest absolute Gasteiger partial charge is 0.493 e. The standard InChI is InChI=1S/C31H38N2O6S/c1-4-18-39-31(36)33-17-15-25-26(21-33)23(12-14-29(34)35)11-13-27(25)38-19-16-24(5-2)32-30(37-3)28(40)20-22-9-7-6-8-10-22/h5-11,13,20,40H,4,12,14-19,21H2,1-3H3,(H,34,35)/b24-5+,28-20-,32-30-. The number of nitrogens with zero attached hydrogens (tertiary/aromatic N) is 2. The SMILES string of the molecule is C/C=C(CCOc1ccc(CCC(=O)O)c2c1CCN(C(=O)OCCC)C2)/N=C(OC)/C(S)=C/c1ccccc1. The molecule has 0 aromatic heterocycles. The number of carboxylic acid groups (broad SMARTS) is 1. The van der Waals surface area contributed by atoms with Crippen molar-refractivity contribution >= 4 is 36.7 Å². The van der Waals surface area contributed by atoms with Gasteiger partial charge in [0.25, 0.3) is 0 Å². The number of rotatable bonds is 12. The van der Waals surface area contributed by atoms with Crippen molar-refractivity contribution in [2.75, 3.05) is 26.9 Å². The Kier molecular flexibility index (Phi) is 12.1. The Morgan fingerprint density at radius 3 is 2.55 bits per heavy atom. The molecule has 1 aliphatic rings. The van der Waals surface area contributed by atoms with E-state index in [4.69, 9.17) is 14.2 Å². The number of hydrogen-bond acceptors (Lipinski definition) is 7. The van der Waals surface area contributed by atoms with Crippen molar-refractivity contribution in [2.45, 2.75) is 52.5 Å². The van der Waals surface area contributed by atoms with E-state index in [2.05, 4.69) is 17.6 Å². The first kappa shape index (κ1) is 30.8. The Morgan fingerprint density at radius 2 is 1.88 bits per heavy atom. The van der Waals surface area contributed by atoms with Gasteiger partial charge in [0.2, 0.25) is 5.90 Å². The first-order chi connectivity index (χ1) is 19.4. The first-order valence-electron chi connectivity index (χ1n) is 13.5. The van der Waals surface area contributed by atoms with E-state index in [1.807, 2.05) is 68.5 Å². The van der Waals surface area contributed by atoms with E-state index < -0.39 is 5.97 Å². The second kappa shape index (κ2) is 15.8. The number of methoxy groups -OCH3 is 1. The number of carbonyl (C=O) groups excluding carboxylic acids is 1. The number of allylic oxidation sites excluding steroid dienone is 1. The number of benzene rings is 2. The van der Waals surface area contributed by atoms with E-state index in [0.29, 0.717) is 56.4 Å². The lowest BCUT2D eigenvalue weighted by Gasteiger charge is -2.31. The molecule has 0 spiro atoms. The third kappa shape index (κ3) is 8.91. The normalized spacial score (nSPS) is 14.0. The summed E-state index contributed by atoms with van der Waals surface area (Å²) in [5, 5.41) is 9.21. The second-order valence-corrected chi connectivity index (χ2v) is 9.78. The van der Waals surface area contributed by atoms with Crippen LogP contribution in [0.2, 0.25) is 0 Å². The van der Waals surface area contributed by atoms with Gasteiger partial charge in [-0.15, -0.1) is 12.6 Å². The van der Waals surface area contributed by atoms with Gasteiger partial charge in [-0.1, -0.05) is 49.4 Å². The summed E-state index contributed by atoms with van der Waals surface area (Å²) in [5.41, 5.74) is 4.65. The number of aliphatic carboxylic acids is 1. The summed E-state index contributed by atoms with van der Waals surface area (Å²) >= 11 is 4.59. The maximum absolute atomic E-state index is 12.5. The summed E-state index contributed by atoms with van der Waals surface area (Å²) in [4.78, 5) is 30.7. The molecular weight excluding hydrogens is 528 g/mol. The molecule has 0 bridgehead atoms. The van der Waals surface area contributed by atoms with Gasteiger partial charge >= 0.3 is 12.1 Å². The summed E-state index contributed by atoms with van der Waals surface area (Å²) in [7, 11) is 1.57. The molecular formula is C31H38N2O6S. The van der Waals surface area contributed by atoms with E-state index in [9.17, 15) is 14.7 Å². The van der Waals surface area contributed by atoms with Crippen LogP contribution >= 0.6 is 12.6 Å². The molecule has 1 amide bonds. The third-order valence-electron chi connectivity index (χ3n) is 6.47. The number of ether oxygens (including phenoxy) is 3. The van der Waals surface area contributed by atoms with Gasteiger partial charge in [-0.3, -0.25) is 4.79 Å². The van der Waals surface area contributed by atoms with E-state index in [-0.39, 0.29) is 12.5 Å². The van der Waals surface area contributed by atoms with E-state index in [0.717, 1.165) is 40.1 Å². The zero-order valence-electron chi connectivity index (χ0n) is 23.4. The number of aryl methyl sites for hydroxylation is 1. The molecule has 214 valence electrons. The molecule has 1 aliphatic heterocycles. The molecule has 0 fully saturated rings. The molecule has 0 atom stereocenters. The van der Waals surface area contributed by atoms with Crippen LogP contribution in [0.5, 0.6) is 5.75 Å². The van der Waals surface area contributed by atoms with Crippen molar-refractivity contribution in [3.63, 3.8) is 0 Å². The maximum atomic E-state index is 12.5. The van der Waals surface area contributed by atoms with Gasteiger partial charge in [0.15, 0.2) is 0 Å². The van der Waals surface area contributed by atoms with Crippen LogP contribution in [0.3, 0.4) is 0 Å². The number of amides is 1. The van der Waals surface area contributed by atoms with Gasteiger partial charge in [0.05, 0.1) is 25.2 Å². The topological polar surface area (TPSA) is 97.7 Å². The number of hydrogen-bond donors (Lipinski definition) is 2. The van der Waals surface area contributed by atoms with Crippen LogP contribution < -0.4 is 4.74 Å².